The highest BCUT2D eigenvalue weighted by Crippen LogP contribution is 2.44. The summed E-state index contributed by atoms with van der Waals surface area (Å²) in [5, 5.41) is 0. The second-order valence-corrected chi connectivity index (χ2v) is 6.66. The summed E-state index contributed by atoms with van der Waals surface area (Å²) in [4.78, 5) is 0. The van der Waals surface area contributed by atoms with Gasteiger partial charge in [0.2, 0.25) is 0 Å². The maximum absolute atomic E-state index is 12.2. The summed E-state index contributed by atoms with van der Waals surface area (Å²) in [6.07, 6.45) is -0.757. The first-order valence-electron chi connectivity index (χ1n) is 7.22. The van der Waals surface area contributed by atoms with Crippen LogP contribution in [-0.2, 0) is 4.74 Å². The first kappa shape index (κ1) is 17.7. The molecule has 1 unspecified atom stereocenters. The van der Waals surface area contributed by atoms with E-state index >= 15 is 0 Å². The molecule has 1 rings (SSSR count). The molecule has 0 amide bonds. The molecule has 1 fully saturated rings. The van der Waals surface area contributed by atoms with Crippen molar-refractivity contribution in [2.45, 2.75) is 76.6 Å². The van der Waals surface area contributed by atoms with Crippen molar-refractivity contribution in [1.82, 2.24) is 5.43 Å². The zero-order chi connectivity index (χ0) is 15.4. The summed E-state index contributed by atoms with van der Waals surface area (Å²) >= 11 is 0. The van der Waals surface area contributed by atoms with E-state index in [1.807, 2.05) is 0 Å². The third-order valence-electron chi connectivity index (χ3n) is 4.65. The van der Waals surface area contributed by atoms with E-state index in [4.69, 9.17) is 10.6 Å². The molecule has 0 aromatic rings. The Morgan fingerprint density at radius 2 is 1.75 bits per heavy atom. The van der Waals surface area contributed by atoms with Gasteiger partial charge in [-0.1, -0.05) is 13.8 Å². The van der Waals surface area contributed by atoms with Crippen LogP contribution >= 0.6 is 0 Å². The minimum Gasteiger partial charge on any atom is -0.377 e. The first-order valence-corrected chi connectivity index (χ1v) is 7.22. The predicted octanol–water partition coefficient (Wildman–Crippen LogP) is 3.54. The molecule has 6 heteroatoms. The molecule has 20 heavy (non-hydrogen) atoms. The van der Waals surface area contributed by atoms with Gasteiger partial charge < -0.3 is 4.74 Å². The van der Waals surface area contributed by atoms with Crippen molar-refractivity contribution >= 4 is 0 Å². The summed E-state index contributed by atoms with van der Waals surface area (Å²) in [7, 11) is 1.63. The molecule has 0 spiro atoms. The van der Waals surface area contributed by atoms with Crippen molar-refractivity contribution in [3.05, 3.63) is 0 Å². The van der Waals surface area contributed by atoms with Gasteiger partial charge in [-0.3, -0.25) is 11.3 Å². The van der Waals surface area contributed by atoms with E-state index in [9.17, 15) is 13.2 Å². The number of nitrogens with one attached hydrogen (secondary N) is 1. The fraction of sp³-hybridized carbons (Fsp3) is 1.00. The van der Waals surface area contributed by atoms with E-state index in [1.54, 1.807) is 7.11 Å². The molecule has 3 nitrogen and oxygen atoms in total. The summed E-state index contributed by atoms with van der Waals surface area (Å²) in [5.74, 6) is 5.57. The Kier molecular flexibility index (Phi) is 5.87. The van der Waals surface area contributed by atoms with Crippen LogP contribution in [0.5, 0.6) is 0 Å². The smallest absolute Gasteiger partial charge is 0.377 e. The molecule has 1 saturated carbocycles. The lowest BCUT2D eigenvalue weighted by Crippen LogP contribution is -2.56. The van der Waals surface area contributed by atoms with Crippen LogP contribution in [-0.4, -0.2) is 24.9 Å². The Morgan fingerprint density at radius 1 is 1.20 bits per heavy atom. The molecule has 120 valence electrons. The minimum atomic E-state index is -4.10. The van der Waals surface area contributed by atoms with E-state index in [0.717, 1.165) is 25.7 Å². The summed E-state index contributed by atoms with van der Waals surface area (Å²) in [5.41, 5.74) is 2.52. The van der Waals surface area contributed by atoms with Crippen LogP contribution in [0.2, 0.25) is 0 Å². The van der Waals surface area contributed by atoms with Gasteiger partial charge in [-0.05, 0) is 43.9 Å². The van der Waals surface area contributed by atoms with Gasteiger partial charge in [0.05, 0.1) is 11.6 Å². The number of halogens is 3. The third-order valence-corrected chi connectivity index (χ3v) is 4.65. The first-order chi connectivity index (χ1) is 9.14. The van der Waals surface area contributed by atoms with E-state index in [-0.39, 0.29) is 17.9 Å². The van der Waals surface area contributed by atoms with Gasteiger partial charge in [-0.2, -0.15) is 13.2 Å². The quantitative estimate of drug-likeness (QED) is 0.582. The molecule has 0 radical (unpaired) electrons. The molecule has 0 aromatic carbocycles. The molecule has 3 N–H and O–H groups in total. The maximum atomic E-state index is 12.2. The zero-order valence-corrected chi connectivity index (χ0v) is 12.6. The number of alkyl halides is 3. The number of nitrogens with two attached hydrogens (primary N) is 1. The Balaban J connectivity index is 2.61. The Bertz CT molecular complexity index is 295. The number of hydrogen-bond acceptors (Lipinski definition) is 3. The second-order valence-electron chi connectivity index (χ2n) is 6.66. The molecule has 0 aromatic heterocycles. The van der Waals surface area contributed by atoms with Crippen LogP contribution in [0.15, 0.2) is 0 Å². The molecule has 1 aliphatic rings. The Labute approximate surface area is 119 Å². The van der Waals surface area contributed by atoms with E-state index in [1.165, 1.54) is 0 Å². The summed E-state index contributed by atoms with van der Waals surface area (Å²) in [6.45, 7) is 4.42. The molecule has 0 bridgehead atoms. The van der Waals surface area contributed by atoms with E-state index in [2.05, 4.69) is 19.3 Å². The molecule has 0 saturated heterocycles. The molecular formula is C14H27F3N2O. The topological polar surface area (TPSA) is 47.3 Å². The largest absolute Gasteiger partial charge is 0.389 e. The van der Waals surface area contributed by atoms with Crippen LogP contribution in [0.25, 0.3) is 0 Å². The molecule has 1 atom stereocenters. The molecule has 1 aliphatic carbocycles. The fourth-order valence-electron chi connectivity index (χ4n) is 3.05. The number of hydrogen-bond donors (Lipinski definition) is 2. The maximum Gasteiger partial charge on any atom is 0.389 e. The highest BCUT2D eigenvalue weighted by atomic mass is 19.4. The monoisotopic (exact) mass is 296 g/mol. The third kappa shape index (κ3) is 4.90. The van der Waals surface area contributed by atoms with Crippen molar-refractivity contribution in [2.24, 2.45) is 11.3 Å². The van der Waals surface area contributed by atoms with Crippen LogP contribution in [0, 0.1) is 5.41 Å². The summed E-state index contributed by atoms with van der Waals surface area (Å²) in [6, 6.07) is -0.231. The van der Waals surface area contributed by atoms with Crippen LogP contribution in [0.4, 0.5) is 13.2 Å². The van der Waals surface area contributed by atoms with Gasteiger partial charge in [0.15, 0.2) is 0 Å². The lowest BCUT2D eigenvalue weighted by atomic mass is 9.68. The second kappa shape index (κ2) is 6.62. The number of ether oxygens (including phenoxy) is 1. The van der Waals surface area contributed by atoms with Gasteiger partial charge in [-0.15, -0.1) is 0 Å². The highest BCUT2D eigenvalue weighted by Gasteiger charge is 2.44. The van der Waals surface area contributed by atoms with Crippen molar-refractivity contribution in [3.63, 3.8) is 0 Å². The predicted molar refractivity (Wildman–Crippen MR) is 73.0 cm³/mol. The Morgan fingerprint density at radius 3 is 2.15 bits per heavy atom. The normalized spacial score (nSPS) is 23.6. The highest BCUT2D eigenvalue weighted by molar-refractivity contribution is 4.98. The van der Waals surface area contributed by atoms with Gasteiger partial charge >= 0.3 is 6.18 Å². The SMILES string of the molecule is COC1(C(CCCC(F)(F)F)NN)CCC(C)(C)CC1. The van der Waals surface area contributed by atoms with E-state index < -0.39 is 18.2 Å². The minimum absolute atomic E-state index is 0.0763. The lowest BCUT2D eigenvalue weighted by Gasteiger charge is -2.47. The van der Waals surface area contributed by atoms with Crippen LogP contribution < -0.4 is 11.3 Å². The fourth-order valence-corrected chi connectivity index (χ4v) is 3.05. The average Bonchev–Trinajstić information content (AvgIpc) is 2.35. The molecular weight excluding hydrogens is 269 g/mol. The molecule has 0 heterocycles. The van der Waals surface area contributed by atoms with Crippen LogP contribution in [0.1, 0.15) is 58.8 Å². The number of hydrazine groups is 1. The van der Waals surface area contributed by atoms with Crippen molar-refractivity contribution in [3.8, 4) is 0 Å². The Hall–Kier alpha value is -0.330. The summed E-state index contributed by atoms with van der Waals surface area (Å²) < 4.78 is 42.4. The van der Waals surface area contributed by atoms with E-state index in [0.29, 0.717) is 6.42 Å². The van der Waals surface area contributed by atoms with Gasteiger partial charge in [-0.25, -0.2) is 0 Å². The van der Waals surface area contributed by atoms with Gasteiger partial charge in [0, 0.05) is 13.5 Å². The zero-order valence-electron chi connectivity index (χ0n) is 12.6. The average molecular weight is 296 g/mol. The molecule has 0 aliphatic heterocycles. The van der Waals surface area contributed by atoms with Crippen molar-refractivity contribution in [1.29, 1.82) is 0 Å². The van der Waals surface area contributed by atoms with Crippen molar-refractivity contribution in [2.75, 3.05) is 7.11 Å². The van der Waals surface area contributed by atoms with Gasteiger partial charge in [0.1, 0.15) is 0 Å². The number of rotatable bonds is 6. The number of methoxy groups -OCH3 is 1. The van der Waals surface area contributed by atoms with Gasteiger partial charge in [0.25, 0.3) is 0 Å². The van der Waals surface area contributed by atoms with Crippen LogP contribution in [0.3, 0.4) is 0 Å². The standard InChI is InChI=1S/C14H27F3N2O/c1-12(2)7-9-13(20-3,10-8-12)11(19-18)5-4-6-14(15,16)17/h11,19H,4-10,18H2,1-3H3. The lowest BCUT2D eigenvalue weighted by molar-refractivity contribution is -0.138. The van der Waals surface area contributed by atoms with Crippen molar-refractivity contribution < 1.29 is 17.9 Å².